The normalized spacial score (nSPS) is 22.2. The highest BCUT2D eigenvalue weighted by molar-refractivity contribution is 5.87. The van der Waals surface area contributed by atoms with Crippen molar-refractivity contribution >= 4 is 5.71 Å². The molecule has 1 aromatic carbocycles. The maximum absolute atomic E-state index is 13.7. The van der Waals surface area contributed by atoms with Crippen molar-refractivity contribution in [3.05, 3.63) is 48.0 Å². The quantitative estimate of drug-likeness (QED) is 0.905. The van der Waals surface area contributed by atoms with Gasteiger partial charge >= 0.3 is 0 Å². The number of hydrogen-bond acceptors (Lipinski definition) is 3. The monoisotopic (exact) mass is 301 g/mol. The minimum Gasteiger partial charge on any atom is -0.384 e. The summed E-state index contributed by atoms with van der Waals surface area (Å²) in [4.78, 5) is 6.94. The molecule has 0 amide bonds. The van der Waals surface area contributed by atoms with Crippen LogP contribution in [0.5, 0.6) is 0 Å². The SMILES string of the molecule is Fc1ccccc1CCN1CCCC(CC2=NC=CNC2)C1. The number of rotatable bonds is 5. The molecule has 1 unspecified atom stereocenters. The van der Waals surface area contributed by atoms with E-state index >= 15 is 0 Å². The molecule has 1 fully saturated rings. The molecule has 0 spiro atoms. The summed E-state index contributed by atoms with van der Waals surface area (Å²) in [7, 11) is 0. The fraction of sp³-hybridized carbons (Fsp3) is 0.500. The molecule has 2 aliphatic rings. The Bertz CT molecular complexity index is 553. The number of nitrogens with zero attached hydrogens (tertiary/aromatic N) is 2. The Labute approximate surface area is 131 Å². The van der Waals surface area contributed by atoms with Crippen molar-refractivity contribution in [2.75, 3.05) is 26.2 Å². The predicted molar refractivity (Wildman–Crippen MR) is 88.5 cm³/mol. The third kappa shape index (κ3) is 4.17. The molecule has 0 radical (unpaired) electrons. The Hall–Kier alpha value is -1.68. The van der Waals surface area contributed by atoms with E-state index in [-0.39, 0.29) is 5.82 Å². The van der Waals surface area contributed by atoms with Crippen LogP contribution in [-0.2, 0) is 6.42 Å². The highest BCUT2D eigenvalue weighted by atomic mass is 19.1. The molecule has 2 heterocycles. The van der Waals surface area contributed by atoms with Crippen molar-refractivity contribution in [2.45, 2.75) is 25.7 Å². The van der Waals surface area contributed by atoms with E-state index in [0.29, 0.717) is 5.92 Å². The van der Waals surface area contributed by atoms with Gasteiger partial charge in [0.15, 0.2) is 0 Å². The first-order valence-electron chi connectivity index (χ1n) is 8.21. The van der Waals surface area contributed by atoms with Crippen LogP contribution in [-0.4, -0.2) is 36.8 Å². The molecule has 118 valence electrons. The lowest BCUT2D eigenvalue weighted by molar-refractivity contribution is 0.179. The Morgan fingerprint density at radius 2 is 2.23 bits per heavy atom. The second-order valence-electron chi connectivity index (χ2n) is 6.25. The lowest BCUT2D eigenvalue weighted by Crippen LogP contribution is -2.38. The summed E-state index contributed by atoms with van der Waals surface area (Å²) in [5.74, 6) is 0.604. The molecule has 0 aromatic heterocycles. The summed E-state index contributed by atoms with van der Waals surface area (Å²) in [6.07, 6.45) is 8.12. The van der Waals surface area contributed by atoms with Gasteiger partial charge in [0.2, 0.25) is 0 Å². The first-order chi connectivity index (χ1) is 10.8. The van der Waals surface area contributed by atoms with Crippen molar-refractivity contribution in [1.82, 2.24) is 10.2 Å². The van der Waals surface area contributed by atoms with E-state index < -0.39 is 0 Å². The molecule has 3 rings (SSSR count). The van der Waals surface area contributed by atoms with Crippen LogP contribution in [0.15, 0.2) is 41.7 Å². The van der Waals surface area contributed by atoms with E-state index in [9.17, 15) is 4.39 Å². The number of halogens is 1. The van der Waals surface area contributed by atoms with E-state index in [1.807, 2.05) is 24.5 Å². The fourth-order valence-electron chi connectivity index (χ4n) is 3.38. The molecule has 0 bridgehead atoms. The molecule has 2 aliphatic heterocycles. The van der Waals surface area contributed by atoms with Gasteiger partial charge in [-0.1, -0.05) is 18.2 Å². The predicted octanol–water partition coefficient (Wildman–Crippen LogP) is 2.99. The van der Waals surface area contributed by atoms with E-state index in [2.05, 4.69) is 15.2 Å². The third-order valence-electron chi connectivity index (χ3n) is 4.54. The number of hydrogen-bond donors (Lipinski definition) is 1. The van der Waals surface area contributed by atoms with Crippen LogP contribution < -0.4 is 5.32 Å². The van der Waals surface area contributed by atoms with E-state index in [4.69, 9.17) is 0 Å². The van der Waals surface area contributed by atoms with Crippen molar-refractivity contribution in [2.24, 2.45) is 10.9 Å². The molecule has 22 heavy (non-hydrogen) atoms. The molecule has 1 saturated heterocycles. The van der Waals surface area contributed by atoms with Gasteiger partial charge < -0.3 is 10.2 Å². The average Bonchev–Trinajstić information content (AvgIpc) is 2.55. The molecule has 3 nitrogen and oxygen atoms in total. The van der Waals surface area contributed by atoms with Crippen LogP contribution in [0.1, 0.15) is 24.8 Å². The largest absolute Gasteiger partial charge is 0.384 e. The van der Waals surface area contributed by atoms with E-state index in [0.717, 1.165) is 44.6 Å². The Morgan fingerprint density at radius 1 is 1.32 bits per heavy atom. The molecular formula is C18H24FN3. The third-order valence-corrected chi connectivity index (χ3v) is 4.54. The van der Waals surface area contributed by atoms with Crippen LogP contribution in [0.4, 0.5) is 4.39 Å². The lowest BCUT2D eigenvalue weighted by Gasteiger charge is -2.33. The van der Waals surface area contributed by atoms with Gasteiger partial charge in [0.05, 0.1) is 6.54 Å². The molecule has 0 saturated carbocycles. The lowest BCUT2D eigenvalue weighted by atomic mass is 9.92. The summed E-state index contributed by atoms with van der Waals surface area (Å²) in [6.45, 7) is 4.07. The molecular weight excluding hydrogens is 277 g/mol. The van der Waals surface area contributed by atoms with Crippen molar-refractivity contribution in [1.29, 1.82) is 0 Å². The highest BCUT2D eigenvalue weighted by Crippen LogP contribution is 2.21. The summed E-state index contributed by atoms with van der Waals surface area (Å²) in [5, 5.41) is 3.22. The van der Waals surface area contributed by atoms with Gasteiger partial charge in [-0.3, -0.25) is 4.99 Å². The second kappa shape index (κ2) is 7.54. The molecule has 1 N–H and O–H groups in total. The fourth-order valence-corrected chi connectivity index (χ4v) is 3.38. The number of piperidine rings is 1. The minimum atomic E-state index is -0.0783. The molecule has 4 heteroatoms. The molecule has 0 aliphatic carbocycles. The smallest absolute Gasteiger partial charge is 0.126 e. The van der Waals surface area contributed by atoms with Gasteiger partial charge in [-0.05, 0) is 49.8 Å². The van der Waals surface area contributed by atoms with Crippen LogP contribution >= 0.6 is 0 Å². The van der Waals surface area contributed by atoms with Gasteiger partial charge in [-0.2, -0.15) is 0 Å². The zero-order chi connectivity index (χ0) is 15.2. The summed E-state index contributed by atoms with van der Waals surface area (Å²) in [6, 6.07) is 7.11. The maximum atomic E-state index is 13.7. The summed E-state index contributed by atoms with van der Waals surface area (Å²) in [5.41, 5.74) is 2.08. The van der Waals surface area contributed by atoms with Gasteiger partial charge in [-0.25, -0.2) is 4.39 Å². The molecule has 1 atom stereocenters. The van der Waals surface area contributed by atoms with Crippen molar-refractivity contribution in [3.63, 3.8) is 0 Å². The van der Waals surface area contributed by atoms with Gasteiger partial charge in [-0.15, -0.1) is 0 Å². The Morgan fingerprint density at radius 3 is 3.05 bits per heavy atom. The van der Waals surface area contributed by atoms with Crippen LogP contribution in [0.2, 0.25) is 0 Å². The number of likely N-dealkylation sites (tertiary alicyclic amines) is 1. The van der Waals surface area contributed by atoms with Crippen LogP contribution in [0.3, 0.4) is 0 Å². The van der Waals surface area contributed by atoms with E-state index in [1.165, 1.54) is 18.6 Å². The van der Waals surface area contributed by atoms with E-state index in [1.54, 1.807) is 12.1 Å². The van der Waals surface area contributed by atoms with Crippen LogP contribution in [0, 0.1) is 11.7 Å². The Kier molecular flexibility index (Phi) is 5.22. The first kappa shape index (κ1) is 15.2. The zero-order valence-corrected chi connectivity index (χ0v) is 13.0. The molecule has 1 aromatic rings. The number of nitrogens with one attached hydrogen (secondary N) is 1. The van der Waals surface area contributed by atoms with Crippen molar-refractivity contribution < 1.29 is 4.39 Å². The van der Waals surface area contributed by atoms with Gasteiger partial charge in [0.25, 0.3) is 0 Å². The zero-order valence-electron chi connectivity index (χ0n) is 13.0. The summed E-state index contributed by atoms with van der Waals surface area (Å²) < 4.78 is 13.7. The number of aliphatic imine (C=N–C) groups is 1. The topological polar surface area (TPSA) is 27.6 Å². The Balaban J connectivity index is 1.49. The average molecular weight is 301 g/mol. The standard InChI is InChI=1S/C18H24FN3/c19-18-6-2-1-5-16(18)7-11-22-10-3-4-15(14-22)12-17-13-20-8-9-21-17/h1-2,5-6,8-9,15,20H,3-4,7,10-14H2. The summed E-state index contributed by atoms with van der Waals surface area (Å²) >= 11 is 0. The highest BCUT2D eigenvalue weighted by Gasteiger charge is 2.21. The van der Waals surface area contributed by atoms with Crippen molar-refractivity contribution in [3.8, 4) is 0 Å². The number of benzene rings is 1. The van der Waals surface area contributed by atoms with Gasteiger partial charge in [0.1, 0.15) is 5.82 Å². The maximum Gasteiger partial charge on any atom is 0.126 e. The van der Waals surface area contributed by atoms with Crippen LogP contribution in [0.25, 0.3) is 0 Å². The first-order valence-corrected chi connectivity index (χ1v) is 8.21. The van der Waals surface area contributed by atoms with Gasteiger partial charge in [0, 0.05) is 31.2 Å². The second-order valence-corrected chi connectivity index (χ2v) is 6.25. The minimum absolute atomic E-state index is 0.0783.